The van der Waals surface area contributed by atoms with Crippen LogP contribution in [0.25, 0.3) is 0 Å². The minimum atomic E-state index is 0.133. The minimum absolute atomic E-state index is 0.133. The molecule has 0 heterocycles. The van der Waals surface area contributed by atoms with Gasteiger partial charge in [-0.15, -0.1) is 0 Å². The lowest BCUT2D eigenvalue weighted by atomic mass is 10.7. The molecule has 0 rings (SSSR count). The Kier molecular flexibility index (Phi) is 4.33. The van der Waals surface area contributed by atoms with Gasteiger partial charge in [0.25, 0.3) is 0 Å². The highest BCUT2D eigenvalue weighted by atomic mass is 32.1. The molecule has 0 aromatic rings. The molecule has 0 bridgehead atoms. The molecule has 0 unspecified atom stereocenters. The van der Waals surface area contributed by atoms with E-state index in [2.05, 4.69) is 22.9 Å². The van der Waals surface area contributed by atoms with Crippen LogP contribution in [0.2, 0.25) is 0 Å². The maximum Gasteiger partial charge on any atom is 0.177 e. The summed E-state index contributed by atoms with van der Waals surface area (Å²) in [5.74, 6) is 0. The summed E-state index contributed by atoms with van der Waals surface area (Å²) in [6.45, 7) is 1.71. The fraction of sp³-hybridized carbons (Fsp3) is 0.250. The lowest BCUT2D eigenvalue weighted by Gasteiger charge is -2.05. The topological polar surface area (TPSA) is 50.1 Å². The van der Waals surface area contributed by atoms with Gasteiger partial charge in [0, 0.05) is 0 Å². The number of hydrogen-bond acceptors (Lipinski definition) is 3. The van der Waals surface area contributed by atoms with Crippen LogP contribution in [0, 0.1) is 0 Å². The van der Waals surface area contributed by atoms with Crippen molar-refractivity contribution in [3.63, 3.8) is 0 Å². The van der Waals surface area contributed by atoms with Crippen LogP contribution < -0.4 is 16.4 Å². The van der Waals surface area contributed by atoms with Gasteiger partial charge in [0.05, 0.1) is 4.99 Å². The van der Waals surface area contributed by atoms with Crippen molar-refractivity contribution in [3.8, 4) is 0 Å². The normalized spacial score (nSPS) is 8.10. The lowest BCUT2D eigenvalue weighted by molar-refractivity contribution is 1.27. The molecular formula is C4H7N3S3. The van der Waals surface area contributed by atoms with Crippen LogP contribution in [0.5, 0.6) is 0 Å². The van der Waals surface area contributed by atoms with Crippen LogP contribution in [0.4, 0.5) is 0 Å². The maximum absolute atomic E-state index is 5.12. The fourth-order valence-electron chi connectivity index (χ4n) is 0.303. The Balaban J connectivity index is 3.65. The lowest BCUT2D eigenvalue weighted by Crippen LogP contribution is -2.43. The van der Waals surface area contributed by atoms with Crippen molar-refractivity contribution >= 4 is 51.9 Å². The summed E-state index contributed by atoms with van der Waals surface area (Å²) < 4.78 is 0. The molecule has 56 valence electrons. The van der Waals surface area contributed by atoms with E-state index >= 15 is 0 Å². The Bertz CT molecular complexity index is 159. The van der Waals surface area contributed by atoms with Crippen molar-refractivity contribution in [3.05, 3.63) is 0 Å². The van der Waals surface area contributed by atoms with Gasteiger partial charge >= 0.3 is 0 Å². The quantitative estimate of drug-likeness (QED) is 0.472. The van der Waals surface area contributed by atoms with Gasteiger partial charge < -0.3 is 16.4 Å². The van der Waals surface area contributed by atoms with Crippen molar-refractivity contribution in [2.45, 2.75) is 6.92 Å². The molecular weight excluding hydrogens is 186 g/mol. The van der Waals surface area contributed by atoms with Gasteiger partial charge in [0.2, 0.25) is 0 Å². The molecule has 0 aliphatic rings. The molecule has 0 fully saturated rings. The molecule has 0 aromatic carbocycles. The smallest absolute Gasteiger partial charge is 0.177 e. The number of rotatable bonds is 0. The second-order valence-electron chi connectivity index (χ2n) is 1.50. The van der Waals surface area contributed by atoms with E-state index in [1.54, 1.807) is 6.92 Å². The molecule has 0 aliphatic carbocycles. The van der Waals surface area contributed by atoms with Crippen molar-refractivity contribution in [2.24, 2.45) is 5.73 Å². The molecule has 0 saturated heterocycles. The predicted molar refractivity (Wildman–Crippen MR) is 53.9 cm³/mol. The van der Waals surface area contributed by atoms with Crippen LogP contribution in [-0.4, -0.2) is 15.2 Å². The Labute approximate surface area is 75.4 Å². The van der Waals surface area contributed by atoms with E-state index in [-0.39, 0.29) is 5.11 Å². The van der Waals surface area contributed by atoms with Gasteiger partial charge in [0.1, 0.15) is 0 Å². The highest BCUT2D eigenvalue weighted by Crippen LogP contribution is 1.70. The Morgan fingerprint density at radius 2 is 1.70 bits per heavy atom. The summed E-state index contributed by atoms with van der Waals surface area (Å²) in [7, 11) is 0. The van der Waals surface area contributed by atoms with Crippen molar-refractivity contribution in [1.29, 1.82) is 0 Å². The van der Waals surface area contributed by atoms with Crippen molar-refractivity contribution in [1.82, 2.24) is 10.6 Å². The van der Waals surface area contributed by atoms with Crippen LogP contribution in [0.15, 0.2) is 0 Å². The third kappa shape index (κ3) is 5.80. The van der Waals surface area contributed by atoms with E-state index in [1.165, 1.54) is 0 Å². The molecule has 0 amide bonds. The molecule has 10 heavy (non-hydrogen) atoms. The number of nitrogens with one attached hydrogen (secondary N) is 2. The van der Waals surface area contributed by atoms with Gasteiger partial charge in [-0.25, -0.2) is 0 Å². The van der Waals surface area contributed by atoms with Crippen LogP contribution in [0.1, 0.15) is 6.92 Å². The SMILES string of the molecule is CC(=S)NC(=S)NC(N)=S. The van der Waals surface area contributed by atoms with Crippen molar-refractivity contribution < 1.29 is 0 Å². The van der Waals surface area contributed by atoms with Gasteiger partial charge in [-0.05, 0) is 31.4 Å². The Hall–Kier alpha value is -0.330. The molecule has 0 aromatic heterocycles. The van der Waals surface area contributed by atoms with E-state index < -0.39 is 0 Å². The highest BCUT2D eigenvalue weighted by Gasteiger charge is 1.94. The first-order chi connectivity index (χ1) is 4.52. The first-order valence-corrected chi connectivity index (χ1v) is 3.63. The minimum Gasteiger partial charge on any atom is -0.376 e. The summed E-state index contributed by atoms with van der Waals surface area (Å²) in [4.78, 5) is 0.578. The molecule has 0 saturated carbocycles. The number of hydrogen-bond donors (Lipinski definition) is 3. The fourth-order valence-corrected chi connectivity index (χ4v) is 0.899. The number of thiocarbonyl (C=S) groups is 3. The Morgan fingerprint density at radius 1 is 1.20 bits per heavy atom. The zero-order chi connectivity index (χ0) is 8.15. The number of nitrogens with two attached hydrogens (primary N) is 1. The van der Waals surface area contributed by atoms with E-state index in [4.69, 9.17) is 30.2 Å². The summed E-state index contributed by atoms with van der Waals surface area (Å²) in [5, 5.41) is 5.64. The second-order valence-corrected chi connectivity index (χ2v) is 2.96. The summed E-state index contributed by atoms with van der Waals surface area (Å²) in [6.07, 6.45) is 0. The van der Waals surface area contributed by atoms with E-state index in [9.17, 15) is 0 Å². The van der Waals surface area contributed by atoms with E-state index in [0.717, 1.165) is 0 Å². The molecule has 0 radical (unpaired) electrons. The summed E-state index contributed by atoms with van der Waals surface area (Å²) in [6, 6.07) is 0. The monoisotopic (exact) mass is 193 g/mol. The molecule has 4 N–H and O–H groups in total. The zero-order valence-electron chi connectivity index (χ0n) is 5.30. The van der Waals surface area contributed by atoms with Gasteiger partial charge in [-0.3, -0.25) is 0 Å². The maximum atomic E-state index is 5.12. The Morgan fingerprint density at radius 3 is 2.00 bits per heavy atom. The molecule has 6 heteroatoms. The van der Waals surface area contributed by atoms with Gasteiger partial charge in [-0.1, -0.05) is 12.2 Å². The second kappa shape index (κ2) is 4.48. The predicted octanol–water partition coefficient (Wildman–Crippen LogP) is 0.0414. The van der Waals surface area contributed by atoms with Crippen LogP contribution in [-0.2, 0) is 0 Å². The molecule has 0 aliphatic heterocycles. The molecule has 0 spiro atoms. The van der Waals surface area contributed by atoms with Gasteiger partial charge in [-0.2, -0.15) is 0 Å². The molecule has 3 nitrogen and oxygen atoms in total. The van der Waals surface area contributed by atoms with Crippen LogP contribution in [0.3, 0.4) is 0 Å². The third-order valence-electron chi connectivity index (χ3n) is 0.526. The largest absolute Gasteiger partial charge is 0.376 e. The van der Waals surface area contributed by atoms with E-state index in [1.807, 2.05) is 0 Å². The van der Waals surface area contributed by atoms with E-state index in [0.29, 0.717) is 10.1 Å². The average molecular weight is 193 g/mol. The van der Waals surface area contributed by atoms with Crippen LogP contribution >= 0.6 is 36.7 Å². The van der Waals surface area contributed by atoms with Crippen molar-refractivity contribution in [2.75, 3.05) is 0 Å². The zero-order valence-corrected chi connectivity index (χ0v) is 7.75. The average Bonchev–Trinajstić information content (AvgIpc) is 1.58. The van der Waals surface area contributed by atoms with Gasteiger partial charge in [0.15, 0.2) is 10.2 Å². The third-order valence-corrected chi connectivity index (χ3v) is 0.935. The summed E-state index contributed by atoms with van der Waals surface area (Å²) in [5.41, 5.74) is 5.12. The standard InChI is InChI=1S/C4H7N3S3/c1-2(8)6-4(10)7-3(5)9/h1H3,(H4,5,6,7,8,9,10). The highest BCUT2D eigenvalue weighted by molar-refractivity contribution is 7.82. The first-order valence-electron chi connectivity index (χ1n) is 2.40. The summed E-state index contributed by atoms with van der Waals surface area (Å²) >= 11 is 14.0. The first kappa shape index (κ1) is 9.67. The molecule has 0 atom stereocenters.